The first-order valence-electron chi connectivity index (χ1n) is 5.92. The van der Waals surface area contributed by atoms with Gasteiger partial charge in [0.15, 0.2) is 0 Å². The summed E-state index contributed by atoms with van der Waals surface area (Å²) < 4.78 is 11.1. The largest absolute Gasteiger partial charge is 0.496 e. The van der Waals surface area contributed by atoms with Gasteiger partial charge >= 0.3 is 0 Å². The molecule has 3 heteroatoms. The summed E-state index contributed by atoms with van der Waals surface area (Å²) in [5.41, 5.74) is 1.15. The molecular weight excluding hydrogens is 202 g/mol. The molecule has 1 aromatic heterocycles. The topological polar surface area (TPSA) is 34.4 Å². The Kier molecular flexibility index (Phi) is 3.67. The maximum atomic E-state index is 5.71. The van der Waals surface area contributed by atoms with Gasteiger partial charge in [-0.05, 0) is 38.5 Å². The van der Waals surface area contributed by atoms with Crippen molar-refractivity contribution in [1.29, 1.82) is 0 Å². The van der Waals surface area contributed by atoms with E-state index in [9.17, 15) is 0 Å². The second-order valence-electron chi connectivity index (χ2n) is 4.08. The lowest BCUT2D eigenvalue weighted by Crippen LogP contribution is -2.24. The van der Waals surface area contributed by atoms with Crippen molar-refractivity contribution in [2.75, 3.05) is 13.2 Å². The first-order valence-corrected chi connectivity index (χ1v) is 5.92. The Bertz CT molecular complexity index is 368. The van der Waals surface area contributed by atoms with E-state index in [0.29, 0.717) is 0 Å². The second kappa shape index (κ2) is 5.21. The molecular formula is C13H19NO2. The fourth-order valence-electron chi connectivity index (χ4n) is 1.98. The van der Waals surface area contributed by atoms with Crippen molar-refractivity contribution in [2.24, 2.45) is 0 Å². The van der Waals surface area contributed by atoms with Crippen molar-refractivity contribution in [2.45, 2.75) is 32.7 Å². The lowest BCUT2D eigenvalue weighted by Gasteiger charge is -2.23. The minimum atomic E-state index is 0.141. The lowest BCUT2D eigenvalue weighted by atomic mass is 10.1. The summed E-state index contributed by atoms with van der Waals surface area (Å²) in [5, 5.41) is 3.43. The molecule has 0 amide bonds. The fraction of sp³-hybridized carbons (Fsp3) is 0.538. The summed E-state index contributed by atoms with van der Waals surface area (Å²) in [6, 6.07) is 2.20. The minimum Gasteiger partial charge on any atom is -0.496 e. The molecule has 1 aromatic rings. The number of rotatable bonds is 4. The molecule has 2 rings (SSSR count). The molecule has 3 nitrogen and oxygen atoms in total. The van der Waals surface area contributed by atoms with E-state index in [4.69, 9.17) is 9.15 Å². The monoisotopic (exact) mass is 221 g/mol. The van der Waals surface area contributed by atoms with E-state index in [0.717, 1.165) is 43.1 Å². The van der Waals surface area contributed by atoms with E-state index in [2.05, 4.69) is 24.4 Å². The molecule has 0 bridgehead atoms. The van der Waals surface area contributed by atoms with Crippen LogP contribution in [0.15, 0.2) is 28.6 Å². The van der Waals surface area contributed by atoms with Gasteiger partial charge in [-0.3, -0.25) is 0 Å². The van der Waals surface area contributed by atoms with E-state index in [1.165, 1.54) is 0 Å². The Morgan fingerprint density at radius 2 is 2.38 bits per heavy atom. The minimum absolute atomic E-state index is 0.141. The maximum Gasteiger partial charge on any atom is 0.114 e. The summed E-state index contributed by atoms with van der Waals surface area (Å²) in [6.45, 7) is 5.80. The van der Waals surface area contributed by atoms with Gasteiger partial charge in [0.2, 0.25) is 0 Å². The number of hydrogen-bond donors (Lipinski definition) is 1. The van der Waals surface area contributed by atoms with Gasteiger partial charge in [-0.15, -0.1) is 0 Å². The number of aryl methyl sites for hydroxylation is 1. The van der Waals surface area contributed by atoms with E-state index in [1.54, 1.807) is 0 Å². The summed E-state index contributed by atoms with van der Waals surface area (Å²) in [5.74, 6) is 1.98. The smallest absolute Gasteiger partial charge is 0.114 e. The van der Waals surface area contributed by atoms with Gasteiger partial charge in [0.05, 0.1) is 18.9 Å². The summed E-state index contributed by atoms with van der Waals surface area (Å²) in [4.78, 5) is 0. The molecule has 0 aliphatic carbocycles. The number of ether oxygens (including phenoxy) is 1. The van der Waals surface area contributed by atoms with Crippen molar-refractivity contribution < 1.29 is 9.15 Å². The molecule has 88 valence electrons. The Morgan fingerprint density at radius 3 is 2.94 bits per heavy atom. The normalized spacial score (nSPS) is 17.8. The number of likely N-dealkylation sites (N-methyl/N-ethyl adjacent to an activating group) is 1. The highest BCUT2D eigenvalue weighted by Crippen LogP contribution is 2.27. The molecule has 1 aliphatic rings. The molecule has 0 radical (unpaired) electrons. The van der Waals surface area contributed by atoms with Crippen LogP contribution in [0.4, 0.5) is 0 Å². The van der Waals surface area contributed by atoms with E-state index in [-0.39, 0.29) is 6.04 Å². The highest BCUT2D eigenvalue weighted by Gasteiger charge is 2.20. The van der Waals surface area contributed by atoms with Gasteiger partial charge in [0.25, 0.3) is 0 Å². The van der Waals surface area contributed by atoms with Gasteiger partial charge in [-0.25, -0.2) is 0 Å². The van der Waals surface area contributed by atoms with Gasteiger partial charge < -0.3 is 14.5 Å². The SMILES string of the molecule is CCNC(C1=CCCCO1)c1coc(C)c1. The average Bonchev–Trinajstić information content (AvgIpc) is 2.74. The van der Waals surface area contributed by atoms with Crippen molar-refractivity contribution in [1.82, 2.24) is 5.32 Å². The summed E-state index contributed by atoms with van der Waals surface area (Å²) in [7, 11) is 0. The Balaban J connectivity index is 2.19. The van der Waals surface area contributed by atoms with Crippen LogP contribution in [0.2, 0.25) is 0 Å². The van der Waals surface area contributed by atoms with Crippen molar-refractivity contribution in [3.8, 4) is 0 Å². The molecule has 0 aromatic carbocycles. The first kappa shape index (κ1) is 11.3. The summed E-state index contributed by atoms with van der Waals surface area (Å²) >= 11 is 0. The molecule has 1 aliphatic heterocycles. The zero-order valence-corrected chi connectivity index (χ0v) is 9.95. The average molecular weight is 221 g/mol. The van der Waals surface area contributed by atoms with Gasteiger partial charge in [0, 0.05) is 5.56 Å². The molecule has 0 saturated heterocycles. The van der Waals surface area contributed by atoms with E-state index >= 15 is 0 Å². The van der Waals surface area contributed by atoms with Crippen molar-refractivity contribution in [3.63, 3.8) is 0 Å². The zero-order valence-electron chi connectivity index (χ0n) is 9.95. The van der Waals surface area contributed by atoms with Gasteiger partial charge in [-0.1, -0.05) is 6.92 Å². The van der Waals surface area contributed by atoms with Gasteiger partial charge in [0.1, 0.15) is 11.5 Å². The predicted molar refractivity (Wildman–Crippen MR) is 63.1 cm³/mol. The molecule has 1 unspecified atom stereocenters. The lowest BCUT2D eigenvalue weighted by molar-refractivity contribution is 0.168. The van der Waals surface area contributed by atoms with E-state index in [1.807, 2.05) is 13.2 Å². The third-order valence-electron chi connectivity index (χ3n) is 2.74. The van der Waals surface area contributed by atoms with Gasteiger partial charge in [-0.2, -0.15) is 0 Å². The third kappa shape index (κ3) is 2.47. The van der Waals surface area contributed by atoms with Crippen LogP contribution in [0.1, 0.15) is 37.1 Å². The fourth-order valence-corrected chi connectivity index (χ4v) is 1.98. The highest BCUT2D eigenvalue weighted by molar-refractivity contribution is 5.24. The highest BCUT2D eigenvalue weighted by atomic mass is 16.5. The number of nitrogens with one attached hydrogen (secondary N) is 1. The molecule has 0 saturated carbocycles. The van der Waals surface area contributed by atoms with Crippen molar-refractivity contribution >= 4 is 0 Å². The zero-order chi connectivity index (χ0) is 11.4. The van der Waals surface area contributed by atoms with Crippen LogP contribution < -0.4 is 5.32 Å². The van der Waals surface area contributed by atoms with Crippen LogP contribution >= 0.6 is 0 Å². The first-order chi connectivity index (χ1) is 7.81. The third-order valence-corrected chi connectivity index (χ3v) is 2.74. The van der Waals surface area contributed by atoms with Crippen LogP contribution in [-0.4, -0.2) is 13.2 Å². The molecule has 16 heavy (non-hydrogen) atoms. The predicted octanol–water partition coefficient (Wildman–Crippen LogP) is 2.93. The molecule has 0 fully saturated rings. The Hall–Kier alpha value is -1.22. The van der Waals surface area contributed by atoms with E-state index < -0.39 is 0 Å². The van der Waals surface area contributed by atoms with Crippen LogP contribution in [0.5, 0.6) is 0 Å². The molecule has 1 N–H and O–H groups in total. The number of allylic oxidation sites excluding steroid dienone is 1. The van der Waals surface area contributed by atoms with Crippen molar-refractivity contribution in [3.05, 3.63) is 35.5 Å². The Morgan fingerprint density at radius 1 is 1.50 bits per heavy atom. The van der Waals surface area contributed by atoms with Crippen LogP contribution in [0.3, 0.4) is 0 Å². The maximum absolute atomic E-state index is 5.71. The standard InChI is InChI=1S/C13H19NO2/c1-3-14-13(11-8-10(2)16-9-11)12-6-4-5-7-15-12/h6,8-9,13-14H,3-5,7H2,1-2H3. The second-order valence-corrected chi connectivity index (χ2v) is 4.08. The van der Waals surface area contributed by atoms with Crippen LogP contribution in [0.25, 0.3) is 0 Å². The summed E-state index contributed by atoms with van der Waals surface area (Å²) in [6.07, 6.45) is 6.21. The number of hydrogen-bond acceptors (Lipinski definition) is 3. The quantitative estimate of drug-likeness (QED) is 0.848. The molecule has 0 spiro atoms. The van der Waals surface area contributed by atoms with Crippen LogP contribution in [-0.2, 0) is 4.74 Å². The molecule has 1 atom stereocenters. The molecule has 2 heterocycles. The Labute approximate surface area is 96.5 Å². The van der Waals surface area contributed by atoms with Crippen LogP contribution in [0, 0.1) is 6.92 Å². The number of furan rings is 1.